The minimum absolute atomic E-state index is 0.137. The molecule has 7 atom stereocenters. The third kappa shape index (κ3) is 3.19. The van der Waals surface area contributed by atoms with E-state index in [-0.39, 0.29) is 53.7 Å². The molecule has 2 saturated heterocycles. The van der Waals surface area contributed by atoms with Gasteiger partial charge in [-0.3, -0.25) is 29.0 Å². The van der Waals surface area contributed by atoms with Crippen molar-refractivity contribution in [1.82, 2.24) is 9.80 Å². The summed E-state index contributed by atoms with van der Waals surface area (Å²) in [5, 5.41) is 0. The van der Waals surface area contributed by atoms with Crippen LogP contribution in [0.4, 0.5) is 0 Å². The van der Waals surface area contributed by atoms with Crippen molar-refractivity contribution >= 4 is 29.6 Å². The van der Waals surface area contributed by atoms with Crippen LogP contribution in [-0.2, 0) is 28.8 Å². The molecule has 3 aliphatic carbocycles. The van der Waals surface area contributed by atoms with Crippen LogP contribution in [0.5, 0.6) is 0 Å². The minimum atomic E-state index is -0.838. The van der Waals surface area contributed by atoms with Crippen molar-refractivity contribution in [3.63, 3.8) is 0 Å². The number of imide groups is 2. The first-order valence-corrected chi connectivity index (χ1v) is 12.1. The van der Waals surface area contributed by atoms with Gasteiger partial charge in [0.05, 0.1) is 35.6 Å². The quantitative estimate of drug-likeness (QED) is 0.512. The highest BCUT2D eigenvalue weighted by atomic mass is 16.7. The van der Waals surface area contributed by atoms with Crippen molar-refractivity contribution in [2.24, 2.45) is 35.5 Å². The van der Waals surface area contributed by atoms with E-state index < -0.39 is 24.0 Å². The van der Waals surface area contributed by atoms with E-state index in [2.05, 4.69) is 4.84 Å². The average Bonchev–Trinajstić information content (AvgIpc) is 3.23. The summed E-state index contributed by atoms with van der Waals surface area (Å²) < 4.78 is 0. The fraction of sp³-hybridized carbons (Fsp3) is 0.783. The van der Waals surface area contributed by atoms with E-state index in [4.69, 9.17) is 5.90 Å². The van der Waals surface area contributed by atoms with Gasteiger partial charge in [-0.15, -0.1) is 0 Å². The summed E-state index contributed by atoms with van der Waals surface area (Å²) in [5.41, 5.74) is 0. The maximum atomic E-state index is 13.1. The molecule has 0 spiro atoms. The van der Waals surface area contributed by atoms with Gasteiger partial charge in [-0.25, -0.2) is 4.79 Å². The van der Waals surface area contributed by atoms with Crippen molar-refractivity contribution in [3.05, 3.63) is 0 Å². The van der Waals surface area contributed by atoms with Crippen LogP contribution < -0.4 is 5.90 Å². The molecule has 0 radical (unpaired) electrons. The van der Waals surface area contributed by atoms with Gasteiger partial charge in [0.1, 0.15) is 0 Å². The molecule has 9 heteroatoms. The molecule has 2 heterocycles. The molecule has 2 aliphatic heterocycles. The largest absolute Gasteiger partial charge is 0.373 e. The highest BCUT2D eigenvalue weighted by molar-refractivity contribution is 6.06. The van der Waals surface area contributed by atoms with Crippen molar-refractivity contribution in [3.8, 4) is 0 Å². The van der Waals surface area contributed by atoms with Crippen molar-refractivity contribution in [2.75, 3.05) is 0 Å². The number of rotatable bonds is 3. The highest BCUT2D eigenvalue weighted by Gasteiger charge is 2.56. The van der Waals surface area contributed by atoms with Gasteiger partial charge in [0.15, 0.2) is 0 Å². The molecule has 174 valence electrons. The first-order chi connectivity index (χ1) is 15.4. The number of carbonyl (C=O) groups is 5. The third-order valence-electron chi connectivity index (χ3n) is 8.65. The Morgan fingerprint density at radius 1 is 0.688 bits per heavy atom. The standard InChI is InChI=1S/C23H31N3O6/c24-32-23(31)17-11-12(25-19(27)13-5-1-2-6-14(13)20(25)28)9-10-18(17)26-21(29)15-7-3-4-8-16(15)22(26)30/h12-18H,1-11,24H2. The first-order valence-electron chi connectivity index (χ1n) is 12.1. The Bertz CT molecular complexity index is 811. The van der Waals surface area contributed by atoms with E-state index in [0.29, 0.717) is 25.7 Å². The van der Waals surface area contributed by atoms with Gasteiger partial charge in [0, 0.05) is 6.04 Å². The summed E-state index contributed by atoms with van der Waals surface area (Å²) in [6, 6.07) is -1.07. The first kappa shape index (κ1) is 21.6. The van der Waals surface area contributed by atoms with Gasteiger partial charge in [0.2, 0.25) is 23.6 Å². The SMILES string of the molecule is NOC(=O)C1CC(N2C(=O)C3CCCCC3C2=O)CCC1N1C(=O)C2CCCCC2C1=O. The summed E-state index contributed by atoms with van der Waals surface area (Å²) in [6.45, 7) is 0. The van der Waals surface area contributed by atoms with Crippen LogP contribution >= 0.6 is 0 Å². The van der Waals surface area contributed by atoms with E-state index in [1.807, 2.05) is 0 Å². The molecule has 5 fully saturated rings. The van der Waals surface area contributed by atoms with Crippen LogP contribution in [0.1, 0.15) is 70.6 Å². The lowest BCUT2D eigenvalue weighted by Crippen LogP contribution is -2.54. The second-order valence-corrected chi connectivity index (χ2v) is 10.2. The molecule has 0 aromatic heterocycles. The zero-order chi connectivity index (χ0) is 22.6. The zero-order valence-corrected chi connectivity index (χ0v) is 18.2. The van der Waals surface area contributed by atoms with Crippen LogP contribution in [0, 0.1) is 29.6 Å². The Hall–Kier alpha value is -2.29. The summed E-state index contributed by atoms with van der Waals surface area (Å²) in [4.78, 5) is 72.2. The number of hydrogen-bond acceptors (Lipinski definition) is 7. The Morgan fingerprint density at radius 3 is 1.56 bits per heavy atom. The number of hydrogen-bond donors (Lipinski definition) is 1. The molecular formula is C23H31N3O6. The number of carbonyl (C=O) groups excluding carboxylic acids is 5. The van der Waals surface area contributed by atoms with Crippen LogP contribution in [0.3, 0.4) is 0 Å². The van der Waals surface area contributed by atoms with Gasteiger partial charge in [-0.2, -0.15) is 5.90 Å². The summed E-state index contributed by atoms with van der Waals surface area (Å²) in [6.07, 6.45) is 7.60. The summed E-state index contributed by atoms with van der Waals surface area (Å²) in [5.74, 6) is 1.91. The van der Waals surface area contributed by atoms with Crippen molar-refractivity contribution in [2.45, 2.75) is 82.7 Å². The molecule has 5 aliphatic rings. The Morgan fingerprint density at radius 2 is 1.12 bits per heavy atom. The van der Waals surface area contributed by atoms with Crippen molar-refractivity contribution in [1.29, 1.82) is 0 Å². The lowest BCUT2D eigenvalue weighted by molar-refractivity contribution is -0.161. The maximum Gasteiger partial charge on any atom is 0.329 e. The normalized spacial score (nSPS) is 39.8. The molecule has 7 unspecified atom stereocenters. The fourth-order valence-electron chi connectivity index (χ4n) is 7.08. The van der Waals surface area contributed by atoms with Gasteiger partial charge in [-0.05, 0) is 44.9 Å². The van der Waals surface area contributed by atoms with Gasteiger partial charge in [0.25, 0.3) is 0 Å². The average molecular weight is 446 g/mol. The predicted octanol–water partition coefficient (Wildman–Crippen LogP) is 1.29. The third-order valence-corrected chi connectivity index (χ3v) is 8.65. The van der Waals surface area contributed by atoms with Crippen LogP contribution in [0.15, 0.2) is 0 Å². The molecule has 9 nitrogen and oxygen atoms in total. The second kappa shape index (κ2) is 8.24. The highest BCUT2D eigenvalue weighted by Crippen LogP contribution is 2.45. The number of fused-ring (bicyclic) bond motifs is 2. The zero-order valence-electron chi connectivity index (χ0n) is 18.2. The number of nitrogens with zero attached hydrogens (tertiary/aromatic N) is 2. The minimum Gasteiger partial charge on any atom is -0.373 e. The van der Waals surface area contributed by atoms with Gasteiger partial charge < -0.3 is 4.84 Å². The van der Waals surface area contributed by atoms with Crippen LogP contribution in [-0.4, -0.2) is 51.5 Å². The smallest absolute Gasteiger partial charge is 0.329 e. The summed E-state index contributed by atoms with van der Waals surface area (Å²) in [7, 11) is 0. The molecule has 5 rings (SSSR count). The topological polar surface area (TPSA) is 127 Å². The number of amides is 4. The molecule has 32 heavy (non-hydrogen) atoms. The Balaban J connectivity index is 1.38. The number of likely N-dealkylation sites (tertiary alicyclic amines) is 2. The van der Waals surface area contributed by atoms with Crippen LogP contribution in [0.2, 0.25) is 0 Å². The second-order valence-electron chi connectivity index (χ2n) is 10.2. The lowest BCUT2D eigenvalue weighted by Gasteiger charge is -2.41. The molecule has 0 aromatic carbocycles. The Labute approximate surface area is 186 Å². The maximum absolute atomic E-state index is 13.1. The molecular weight excluding hydrogens is 414 g/mol. The van der Waals surface area contributed by atoms with Gasteiger partial charge >= 0.3 is 5.97 Å². The van der Waals surface area contributed by atoms with E-state index in [1.54, 1.807) is 0 Å². The van der Waals surface area contributed by atoms with E-state index >= 15 is 0 Å². The lowest BCUT2D eigenvalue weighted by atomic mass is 9.80. The van der Waals surface area contributed by atoms with E-state index in [9.17, 15) is 24.0 Å². The fourth-order valence-corrected chi connectivity index (χ4v) is 7.08. The number of nitrogens with two attached hydrogens (primary N) is 1. The Kier molecular flexibility index (Phi) is 5.55. The van der Waals surface area contributed by atoms with Gasteiger partial charge in [-0.1, -0.05) is 25.7 Å². The van der Waals surface area contributed by atoms with Crippen LogP contribution in [0.25, 0.3) is 0 Å². The molecule has 3 saturated carbocycles. The summed E-state index contributed by atoms with van der Waals surface area (Å²) >= 11 is 0. The molecule has 2 N–H and O–H groups in total. The van der Waals surface area contributed by atoms with E-state index in [0.717, 1.165) is 38.5 Å². The molecule has 0 aromatic rings. The van der Waals surface area contributed by atoms with E-state index in [1.165, 1.54) is 9.80 Å². The molecule has 0 bridgehead atoms. The van der Waals surface area contributed by atoms with Crippen molar-refractivity contribution < 1.29 is 28.8 Å². The monoisotopic (exact) mass is 445 g/mol. The molecule has 4 amide bonds. The predicted molar refractivity (Wildman–Crippen MR) is 110 cm³/mol.